The molecule has 20 heavy (non-hydrogen) atoms. The van der Waals surface area contributed by atoms with Gasteiger partial charge in [-0.3, -0.25) is 20.2 Å². The Morgan fingerprint density at radius 1 is 1.45 bits per heavy atom. The van der Waals surface area contributed by atoms with Gasteiger partial charge in [0.2, 0.25) is 0 Å². The van der Waals surface area contributed by atoms with Crippen molar-refractivity contribution >= 4 is 17.6 Å². The summed E-state index contributed by atoms with van der Waals surface area (Å²) >= 11 is 0. The van der Waals surface area contributed by atoms with E-state index in [1.807, 2.05) is 13.8 Å². The monoisotopic (exact) mass is 274 g/mol. The summed E-state index contributed by atoms with van der Waals surface area (Å²) in [6.45, 7) is 3.70. The molecular weight excluding hydrogens is 260 g/mol. The van der Waals surface area contributed by atoms with E-state index >= 15 is 0 Å². The van der Waals surface area contributed by atoms with Crippen LogP contribution in [0.3, 0.4) is 0 Å². The lowest BCUT2D eigenvalue weighted by molar-refractivity contribution is -0.385. The number of aliphatic imine (C=N–C) groups is 1. The van der Waals surface area contributed by atoms with Crippen LogP contribution in [0.2, 0.25) is 0 Å². The van der Waals surface area contributed by atoms with Crippen molar-refractivity contribution < 1.29 is 9.66 Å². The van der Waals surface area contributed by atoms with Gasteiger partial charge in [0.25, 0.3) is 0 Å². The molecule has 1 heterocycles. The van der Waals surface area contributed by atoms with Crippen molar-refractivity contribution in [1.29, 1.82) is 0 Å². The Morgan fingerprint density at radius 3 is 2.75 bits per heavy atom. The summed E-state index contributed by atoms with van der Waals surface area (Å²) in [5.74, 6) is 0.225. The molecule has 2 rings (SSSR count). The van der Waals surface area contributed by atoms with E-state index in [0.717, 1.165) is 17.1 Å². The maximum absolute atomic E-state index is 10.9. The molecule has 7 nitrogen and oxygen atoms in total. The molecule has 0 saturated heterocycles. The van der Waals surface area contributed by atoms with Gasteiger partial charge in [-0.05, 0) is 31.5 Å². The van der Waals surface area contributed by atoms with Crippen LogP contribution in [0.4, 0.5) is 11.4 Å². The first kappa shape index (κ1) is 13.7. The maximum Gasteiger partial charge on any atom is 0.311 e. The Hall–Kier alpha value is -2.70. The summed E-state index contributed by atoms with van der Waals surface area (Å²) in [6.07, 6.45) is 1.57. The SMILES string of the molecule is COc1ccc(C=Nc2c(C)n[nH]c2C)cc1[N+](=O)[O-]. The highest BCUT2D eigenvalue weighted by atomic mass is 16.6. The molecular formula is C13H14N4O3. The molecule has 0 unspecified atom stereocenters. The second-order valence-corrected chi connectivity index (χ2v) is 4.23. The fourth-order valence-electron chi connectivity index (χ4n) is 1.80. The van der Waals surface area contributed by atoms with E-state index in [1.165, 1.54) is 13.2 Å². The average Bonchev–Trinajstić information content (AvgIpc) is 2.75. The van der Waals surface area contributed by atoms with Gasteiger partial charge in [-0.25, -0.2) is 0 Å². The number of nitro benzene ring substituents is 1. The molecule has 0 bridgehead atoms. The minimum atomic E-state index is -0.482. The zero-order chi connectivity index (χ0) is 14.7. The lowest BCUT2D eigenvalue weighted by Gasteiger charge is -2.01. The van der Waals surface area contributed by atoms with Crippen LogP contribution < -0.4 is 4.74 Å². The Bertz CT molecular complexity index is 657. The normalized spacial score (nSPS) is 10.9. The zero-order valence-corrected chi connectivity index (χ0v) is 11.4. The van der Waals surface area contributed by atoms with Crippen molar-refractivity contribution in [2.75, 3.05) is 7.11 Å². The fraction of sp³-hybridized carbons (Fsp3) is 0.231. The van der Waals surface area contributed by atoms with Crippen LogP contribution in [-0.4, -0.2) is 28.4 Å². The first-order chi connectivity index (χ1) is 9.52. The first-order valence-electron chi connectivity index (χ1n) is 5.91. The van der Waals surface area contributed by atoms with Gasteiger partial charge in [0, 0.05) is 12.3 Å². The smallest absolute Gasteiger partial charge is 0.311 e. The number of hydrogen-bond acceptors (Lipinski definition) is 5. The van der Waals surface area contributed by atoms with E-state index in [1.54, 1.807) is 18.3 Å². The summed E-state index contributed by atoms with van der Waals surface area (Å²) in [5, 5.41) is 17.8. The number of nitrogens with one attached hydrogen (secondary N) is 1. The number of nitrogens with zero attached hydrogens (tertiary/aromatic N) is 3. The molecule has 0 atom stereocenters. The van der Waals surface area contributed by atoms with Crippen LogP contribution in [0, 0.1) is 24.0 Å². The van der Waals surface area contributed by atoms with E-state index in [-0.39, 0.29) is 11.4 Å². The third-order valence-electron chi connectivity index (χ3n) is 2.83. The average molecular weight is 274 g/mol. The largest absolute Gasteiger partial charge is 0.490 e. The number of aryl methyl sites for hydroxylation is 2. The van der Waals surface area contributed by atoms with E-state index < -0.39 is 4.92 Å². The molecule has 0 aliphatic heterocycles. The number of ether oxygens (including phenoxy) is 1. The van der Waals surface area contributed by atoms with E-state index in [4.69, 9.17) is 4.74 Å². The van der Waals surface area contributed by atoms with Crippen molar-refractivity contribution in [2.24, 2.45) is 4.99 Å². The summed E-state index contributed by atoms with van der Waals surface area (Å²) in [4.78, 5) is 14.8. The topological polar surface area (TPSA) is 93.4 Å². The van der Waals surface area contributed by atoms with E-state index in [2.05, 4.69) is 15.2 Å². The number of methoxy groups -OCH3 is 1. The van der Waals surface area contributed by atoms with E-state index in [9.17, 15) is 10.1 Å². The van der Waals surface area contributed by atoms with Crippen molar-refractivity contribution in [3.63, 3.8) is 0 Å². The fourth-order valence-corrected chi connectivity index (χ4v) is 1.80. The number of benzene rings is 1. The molecule has 0 saturated carbocycles. The molecule has 0 aliphatic rings. The predicted molar refractivity (Wildman–Crippen MR) is 75.0 cm³/mol. The Labute approximate surface area is 115 Å². The lowest BCUT2D eigenvalue weighted by Crippen LogP contribution is -1.95. The van der Waals surface area contributed by atoms with Crippen LogP contribution in [0.5, 0.6) is 5.75 Å². The van der Waals surface area contributed by atoms with Crippen LogP contribution in [0.25, 0.3) is 0 Å². The summed E-state index contributed by atoms with van der Waals surface area (Å²) in [6, 6.07) is 4.68. The van der Waals surface area contributed by atoms with Gasteiger partial charge in [-0.15, -0.1) is 0 Å². The Kier molecular flexibility index (Phi) is 3.79. The molecule has 0 amide bonds. The third-order valence-corrected chi connectivity index (χ3v) is 2.83. The zero-order valence-electron chi connectivity index (χ0n) is 11.4. The summed E-state index contributed by atoms with van der Waals surface area (Å²) in [7, 11) is 1.40. The number of H-pyrrole nitrogens is 1. The van der Waals surface area contributed by atoms with Gasteiger partial charge in [0.05, 0.1) is 23.4 Å². The molecule has 104 valence electrons. The minimum absolute atomic E-state index is 0.0860. The van der Waals surface area contributed by atoms with E-state index in [0.29, 0.717) is 5.56 Å². The second kappa shape index (κ2) is 5.52. The number of aromatic amines is 1. The minimum Gasteiger partial charge on any atom is -0.490 e. The van der Waals surface area contributed by atoms with Gasteiger partial charge in [-0.1, -0.05) is 0 Å². The van der Waals surface area contributed by atoms with Crippen LogP contribution in [0.1, 0.15) is 17.0 Å². The van der Waals surface area contributed by atoms with Gasteiger partial charge >= 0.3 is 5.69 Å². The van der Waals surface area contributed by atoms with Crippen molar-refractivity contribution in [2.45, 2.75) is 13.8 Å². The molecule has 0 spiro atoms. The molecule has 1 N–H and O–H groups in total. The van der Waals surface area contributed by atoms with Crippen molar-refractivity contribution in [3.8, 4) is 5.75 Å². The Balaban J connectivity index is 2.35. The molecule has 0 radical (unpaired) electrons. The number of nitro groups is 1. The maximum atomic E-state index is 10.9. The third kappa shape index (κ3) is 2.66. The van der Waals surface area contributed by atoms with Crippen molar-refractivity contribution in [1.82, 2.24) is 10.2 Å². The first-order valence-corrected chi connectivity index (χ1v) is 5.91. The standard InChI is InChI=1S/C13H14N4O3/c1-8-13(9(2)16-15-8)14-7-10-4-5-12(20-3)11(6-10)17(18)19/h4-7H,1-3H3,(H,15,16). The molecule has 1 aromatic carbocycles. The lowest BCUT2D eigenvalue weighted by atomic mass is 10.2. The number of rotatable bonds is 4. The van der Waals surface area contributed by atoms with Gasteiger partial charge in [0.15, 0.2) is 5.75 Å². The number of aromatic nitrogens is 2. The highest BCUT2D eigenvalue weighted by molar-refractivity contribution is 5.84. The molecule has 7 heteroatoms. The van der Waals surface area contributed by atoms with Crippen LogP contribution in [-0.2, 0) is 0 Å². The van der Waals surface area contributed by atoms with Crippen LogP contribution >= 0.6 is 0 Å². The second-order valence-electron chi connectivity index (χ2n) is 4.23. The predicted octanol–water partition coefficient (Wildman–Crippen LogP) is 2.69. The van der Waals surface area contributed by atoms with Crippen LogP contribution in [0.15, 0.2) is 23.2 Å². The van der Waals surface area contributed by atoms with Gasteiger partial charge in [-0.2, -0.15) is 5.10 Å². The summed E-state index contributed by atoms with van der Waals surface area (Å²) in [5.41, 5.74) is 2.90. The quantitative estimate of drug-likeness (QED) is 0.527. The number of hydrogen-bond donors (Lipinski definition) is 1. The molecule has 0 fully saturated rings. The molecule has 0 aliphatic carbocycles. The highest BCUT2D eigenvalue weighted by Crippen LogP contribution is 2.27. The van der Waals surface area contributed by atoms with Crippen molar-refractivity contribution in [3.05, 3.63) is 45.3 Å². The Morgan fingerprint density at radius 2 is 2.20 bits per heavy atom. The molecule has 1 aromatic heterocycles. The summed E-state index contributed by atoms with van der Waals surface area (Å²) < 4.78 is 4.95. The highest BCUT2D eigenvalue weighted by Gasteiger charge is 2.14. The molecule has 2 aromatic rings. The van der Waals surface area contributed by atoms with Gasteiger partial charge in [0.1, 0.15) is 5.69 Å². The van der Waals surface area contributed by atoms with Gasteiger partial charge < -0.3 is 4.74 Å².